The molecular weight excluding hydrogens is 272 g/mol. The van der Waals surface area contributed by atoms with Crippen molar-refractivity contribution in [2.24, 2.45) is 5.10 Å². The Labute approximate surface area is 121 Å². The predicted molar refractivity (Wildman–Crippen MR) is 80.4 cm³/mol. The van der Waals surface area contributed by atoms with Gasteiger partial charge in [0.2, 0.25) is 5.95 Å². The number of nitrogens with one attached hydrogen (secondary N) is 2. The van der Waals surface area contributed by atoms with Crippen molar-refractivity contribution in [1.82, 2.24) is 9.97 Å². The molecular formula is C14H16N4O3. The number of anilines is 1. The Morgan fingerprint density at radius 1 is 1.33 bits per heavy atom. The molecule has 0 atom stereocenters. The van der Waals surface area contributed by atoms with Gasteiger partial charge in [-0.05, 0) is 19.1 Å². The van der Waals surface area contributed by atoms with Gasteiger partial charge >= 0.3 is 0 Å². The highest BCUT2D eigenvalue weighted by Gasteiger charge is 2.07. The SMILES string of the molecule is COc1cccc(/C=N/Nc2nc(C)cc(=O)[nH]2)c1OC. The lowest BCUT2D eigenvalue weighted by Gasteiger charge is -2.09. The van der Waals surface area contributed by atoms with Crippen LogP contribution in [-0.4, -0.2) is 30.4 Å². The highest BCUT2D eigenvalue weighted by molar-refractivity contribution is 5.85. The number of aryl methyl sites for hydroxylation is 1. The molecule has 1 heterocycles. The molecule has 2 N–H and O–H groups in total. The van der Waals surface area contributed by atoms with E-state index in [0.29, 0.717) is 17.2 Å². The summed E-state index contributed by atoms with van der Waals surface area (Å²) < 4.78 is 10.5. The van der Waals surface area contributed by atoms with Gasteiger partial charge in [0.15, 0.2) is 11.5 Å². The van der Waals surface area contributed by atoms with Crippen LogP contribution in [0.5, 0.6) is 11.5 Å². The van der Waals surface area contributed by atoms with Crippen molar-refractivity contribution in [2.45, 2.75) is 6.92 Å². The van der Waals surface area contributed by atoms with Crippen molar-refractivity contribution >= 4 is 12.2 Å². The maximum Gasteiger partial charge on any atom is 0.252 e. The third-order valence-electron chi connectivity index (χ3n) is 2.68. The fourth-order valence-electron chi connectivity index (χ4n) is 1.81. The molecule has 2 rings (SSSR count). The first-order valence-corrected chi connectivity index (χ1v) is 6.22. The van der Waals surface area contributed by atoms with E-state index in [0.717, 1.165) is 5.56 Å². The minimum Gasteiger partial charge on any atom is -0.493 e. The monoisotopic (exact) mass is 288 g/mol. The summed E-state index contributed by atoms with van der Waals surface area (Å²) in [6.07, 6.45) is 1.56. The van der Waals surface area contributed by atoms with Crippen LogP contribution in [0.1, 0.15) is 11.3 Å². The highest BCUT2D eigenvalue weighted by Crippen LogP contribution is 2.29. The standard InChI is InChI=1S/C14H16N4O3/c1-9-7-12(19)17-14(16-9)18-15-8-10-5-4-6-11(20-2)13(10)21-3/h4-8H,1-3H3,(H2,16,17,18,19)/b15-8+. The average molecular weight is 288 g/mol. The fourth-order valence-corrected chi connectivity index (χ4v) is 1.81. The molecule has 0 aliphatic heterocycles. The number of hydrazone groups is 1. The third kappa shape index (κ3) is 3.59. The number of aromatic nitrogens is 2. The zero-order valence-electron chi connectivity index (χ0n) is 12.0. The number of benzene rings is 1. The molecule has 0 fully saturated rings. The van der Waals surface area contributed by atoms with Gasteiger partial charge in [-0.25, -0.2) is 10.4 Å². The highest BCUT2D eigenvalue weighted by atomic mass is 16.5. The minimum atomic E-state index is -0.237. The molecule has 7 heteroatoms. The van der Waals surface area contributed by atoms with Crippen LogP contribution in [0, 0.1) is 6.92 Å². The zero-order valence-corrected chi connectivity index (χ0v) is 12.0. The predicted octanol–water partition coefficient (Wildman–Crippen LogP) is 1.54. The fraction of sp³-hybridized carbons (Fsp3) is 0.214. The number of ether oxygens (including phenoxy) is 2. The maximum absolute atomic E-state index is 11.3. The summed E-state index contributed by atoms with van der Waals surface area (Å²) in [6, 6.07) is 6.86. The van der Waals surface area contributed by atoms with Crippen molar-refractivity contribution in [1.29, 1.82) is 0 Å². The molecule has 0 spiro atoms. The molecule has 0 saturated heterocycles. The molecule has 2 aromatic rings. The molecule has 0 aliphatic carbocycles. The van der Waals surface area contributed by atoms with Crippen LogP contribution in [0.2, 0.25) is 0 Å². The van der Waals surface area contributed by atoms with Crippen LogP contribution in [0.3, 0.4) is 0 Å². The van der Waals surface area contributed by atoms with E-state index in [9.17, 15) is 4.79 Å². The van der Waals surface area contributed by atoms with Crippen LogP contribution in [0.15, 0.2) is 34.2 Å². The van der Waals surface area contributed by atoms with Gasteiger partial charge in [0, 0.05) is 17.3 Å². The van der Waals surface area contributed by atoms with E-state index >= 15 is 0 Å². The number of hydrogen-bond acceptors (Lipinski definition) is 6. The van der Waals surface area contributed by atoms with Crippen LogP contribution >= 0.6 is 0 Å². The van der Waals surface area contributed by atoms with E-state index < -0.39 is 0 Å². The lowest BCUT2D eigenvalue weighted by Crippen LogP contribution is -2.10. The first kappa shape index (κ1) is 14.6. The van der Waals surface area contributed by atoms with Crippen LogP contribution in [0.4, 0.5) is 5.95 Å². The smallest absolute Gasteiger partial charge is 0.252 e. The van der Waals surface area contributed by atoms with Gasteiger partial charge in [0.1, 0.15) is 0 Å². The Kier molecular flexibility index (Phi) is 4.55. The molecule has 7 nitrogen and oxygen atoms in total. The molecule has 0 bridgehead atoms. The van der Waals surface area contributed by atoms with Crippen molar-refractivity contribution in [3.8, 4) is 11.5 Å². The first-order chi connectivity index (χ1) is 10.1. The summed E-state index contributed by atoms with van der Waals surface area (Å²) in [5.41, 5.74) is 3.78. The summed E-state index contributed by atoms with van der Waals surface area (Å²) in [4.78, 5) is 17.9. The number of methoxy groups -OCH3 is 2. The molecule has 110 valence electrons. The van der Waals surface area contributed by atoms with Crippen LogP contribution < -0.4 is 20.5 Å². The molecule has 0 unspecified atom stereocenters. The van der Waals surface area contributed by atoms with Gasteiger partial charge in [-0.15, -0.1) is 0 Å². The Balaban J connectivity index is 2.20. The van der Waals surface area contributed by atoms with Gasteiger partial charge in [-0.2, -0.15) is 5.10 Å². The number of H-pyrrole nitrogens is 1. The molecule has 0 aliphatic rings. The van der Waals surface area contributed by atoms with E-state index in [2.05, 4.69) is 20.5 Å². The summed E-state index contributed by atoms with van der Waals surface area (Å²) in [5.74, 6) is 1.47. The van der Waals surface area contributed by atoms with E-state index in [-0.39, 0.29) is 11.5 Å². The summed E-state index contributed by atoms with van der Waals surface area (Å²) >= 11 is 0. The van der Waals surface area contributed by atoms with Crippen LogP contribution in [0.25, 0.3) is 0 Å². The Hall–Kier alpha value is -2.83. The van der Waals surface area contributed by atoms with Crippen molar-refractivity contribution < 1.29 is 9.47 Å². The van der Waals surface area contributed by atoms with E-state index in [1.807, 2.05) is 12.1 Å². The second-order valence-electron chi connectivity index (χ2n) is 4.19. The Bertz CT molecular complexity index is 710. The van der Waals surface area contributed by atoms with E-state index in [1.54, 1.807) is 33.4 Å². The summed E-state index contributed by atoms with van der Waals surface area (Å²) in [5, 5.41) is 4.03. The van der Waals surface area contributed by atoms with Gasteiger partial charge in [-0.3, -0.25) is 9.78 Å². The van der Waals surface area contributed by atoms with Crippen molar-refractivity contribution in [3.63, 3.8) is 0 Å². The van der Waals surface area contributed by atoms with Gasteiger partial charge in [0.25, 0.3) is 5.56 Å². The lowest BCUT2D eigenvalue weighted by atomic mass is 10.2. The second kappa shape index (κ2) is 6.56. The molecule has 0 saturated carbocycles. The van der Waals surface area contributed by atoms with E-state index in [1.165, 1.54) is 6.07 Å². The van der Waals surface area contributed by atoms with Gasteiger partial charge in [0.05, 0.1) is 20.4 Å². The van der Waals surface area contributed by atoms with Crippen LogP contribution in [-0.2, 0) is 0 Å². The normalized spacial score (nSPS) is 10.6. The third-order valence-corrected chi connectivity index (χ3v) is 2.68. The number of nitrogens with zero attached hydrogens (tertiary/aromatic N) is 2. The van der Waals surface area contributed by atoms with Gasteiger partial charge in [-0.1, -0.05) is 6.07 Å². The Morgan fingerprint density at radius 2 is 2.14 bits per heavy atom. The lowest BCUT2D eigenvalue weighted by molar-refractivity contribution is 0.354. The molecule has 21 heavy (non-hydrogen) atoms. The summed E-state index contributed by atoms with van der Waals surface area (Å²) in [6.45, 7) is 1.73. The maximum atomic E-state index is 11.3. The van der Waals surface area contributed by atoms with Crippen molar-refractivity contribution in [2.75, 3.05) is 19.6 Å². The number of rotatable bonds is 5. The quantitative estimate of drug-likeness (QED) is 0.643. The topological polar surface area (TPSA) is 88.6 Å². The average Bonchev–Trinajstić information content (AvgIpc) is 2.45. The Morgan fingerprint density at radius 3 is 2.81 bits per heavy atom. The molecule has 1 aromatic carbocycles. The zero-order chi connectivity index (χ0) is 15.2. The number of aromatic amines is 1. The molecule has 0 amide bonds. The first-order valence-electron chi connectivity index (χ1n) is 6.22. The van der Waals surface area contributed by atoms with Gasteiger partial charge < -0.3 is 9.47 Å². The minimum absolute atomic E-state index is 0.237. The molecule has 0 radical (unpaired) electrons. The largest absolute Gasteiger partial charge is 0.493 e. The molecule has 1 aromatic heterocycles. The second-order valence-corrected chi connectivity index (χ2v) is 4.19. The summed E-state index contributed by atoms with van der Waals surface area (Å²) in [7, 11) is 3.13. The van der Waals surface area contributed by atoms with E-state index in [4.69, 9.17) is 9.47 Å². The van der Waals surface area contributed by atoms with Crippen molar-refractivity contribution in [3.05, 3.63) is 45.9 Å². The number of para-hydroxylation sites is 1. The number of hydrogen-bond donors (Lipinski definition) is 2.